The molecular weight excluding hydrogens is 260 g/mol. The zero-order chi connectivity index (χ0) is 14.5. The molecule has 1 amide bonds. The van der Waals surface area contributed by atoms with E-state index in [4.69, 9.17) is 10.9 Å². The minimum absolute atomic E-state index is 0.0562. The Morgan fingerprint density at radius 2 is 2.30 bits per heavy atom. The van der Waals surface area contributed by atoms with Crippen molar-refractivity contribution < 1.29 is 10.0 Å². The lowest BCUT2D eigenvalue weighted by Gasteiger charge is -2.05. The van der Waals surface area contributed by atoms with Crippen molar-refractivity contribution in [2.24, 2.45) is 17.9 Å². The average molecular weight is 274 g/mol. The molecule has 104 valence electrons. The number of aryl methyl sites for hydroxylation is 1. The summed E-state index contributed by atoms with van der Waals surface area (Å²) in [5, 5.41) is 18.1. The summed E-state index contributed by atoms with van der Waals surface area (Å²) >= 11 is 0. The van der Waals surface area contributed by atoms with Crippen molar-refractivity contribution in [2.45, 2.75) is 6.54 Å². The van der Waals surface area contributed by atoms with Crippen LogP contribution in [-0.2, 0) is 13.6 Å². The van der Waals surface area contributed by atoms with Gasteiger partial charge in [-0.25, -0.2) is 0 Å². The van der Waals surface area contributed by atoms with E-state index in [0.717, 1.165) is 5.69 Å². The Morgan fingerprint density at radius 3 is 2.85 bits per heavy atom. The van der Waals surface area contributed by atoms with Gasteiger partial charge in [-0.3, -0.25) is 14.5 Å². The third kappa shape index (κ3) is 2.91. The Bertz CT molecular complexity index is 632. The molecule has 8 heteroatoms. The Morgan fingerprint density at radius 1 is 1.50 bits per heavy atom. The normalized spacial score (nSPS) is 11.3. The lowest BCUT2D eigenvalue weighted by atomic mass is 10.2. The number of oxime groups is 1. The van der Waals surface area contributed by atoms with Crippen molar-refractivity contribution in [3.05, 3.63) is 47.5 Å². The second-order valence-corrected chi connectivity index (χ2v) is 4.05. The van der Waals surface area contributed by atoms with Crippen LogP contribution in [0.3, 0.4) is 0 Å². The lowest BCUT2D eigenvalue weighted by molar-refractivity contribution is 0.0945. The van der Waals surface area contributed by atoms with E-state index in [1.165, 1.54) is 12.3 Å². The van der Waals surface area contributed by atoms with Gasteiger partial charge in [0.15, 0.2) is 5.84 Å². The van der Waals surface area contributed by atoms with E-state index in [1.54, 1.807) is 24.0 Å². The number of carbonyl (C=O) groups excluding carboxylic acids is 1. The van der Waals surface area contributed by atoms with Crippen LogP contribution in [0, 0.1) is 0 Å². The van der Waals surface area contributed by atoms with E-state index in [1.807, 2.05) is 6.07 Å². The van der Waals surface area contributed by atoms with E-state index in [0.29, 0.717) is 12.1 Å². The first-order chi connectivity index (χ1) is 9.61. The molecule has 0 aromatic carbocycles. The Kier molecular flexibility index (Phi) is 3.94. The van der Waals surface area contributed by atoms with E-state index < -0.39 is 0 Å². The predicted octanol–water partition coefficient (Wildman–Crippen LogP) is -0.160. The van der Waals surface area contributed by atoms with Crippen molar-refractivity contribution in [2.75, 3.05) is 0 Å². The summed E-state index contributed by atoms with van der Waals surface area (Å²) in [7, 11) is 1.80. The van der Waals surface area contributed by atoms with Crippen molar-refractivity contribution in [3.63, 3.8) is 0 Å². The highest BCUT2D eigenvalue weighted by Crippen LogP contribution is 2.01. The second-order valence-electron chi connectivity index (χ2n) is 4.05. The molecule has 8 nitrogen and oxygen atoms in total. The summed E-state index contributed by atoms with van der Waals surface area (Å²) < 4.78 is 1.68. The summed E-state index contributed by atoms with van der Waals surface area (Å²) in [5.74, 6) is -0.364. The molecule has 0 bridgehead atoms. The molecule has 2 heterocycles. The molecule has 2 rings (SSSR count). The molecule has 0 spiro atoms. The molecule has 0 atom stereocenters. The van der Waals surface area contributed by atoms with Crippen LogP contribution in [0.2, 0.25) is 0 Å². The van der Waals surface area contributed by atoms with Crippen LogP contribution in [0.5, 0.6) is 0 Å². The molecule has 0 aliphatic carbocycles. The predicted molar refractivity (Wildman–Crippen MR) is 71.1 cm³/mol. The maximum absolute atomic E-state index is 11.9. The van der Waals surface area contributed by atoms with Crippen molar-refractivity contribution >= 4 is 11.7 Å². The quantitative estimate of drug-likeness (QED) is 0.310. The molecule has 20 heavy (non-hydrogen) atoms. The molecule has 0 radical (unpaired) electrons. The number of pyridine rings is 1. The van der Waals surface area contributed by atoms with E-state index in [2.05, 4.69) is 20.6 Å². The molecule has 0 unspecified atom stereocenters. The van der Waals surface area contributed by atoms with Crippen LogP contribution < -0.4 is 11.1 Å². The standard InChI is InChI=1S/C12H14N6O2/c1-18-9(4-5-16-18)7-15-12(19)10-3-2-8(6-14-10)11(13)17-20/h2-6,20H,7H2,1H3,(H2,13,17)(H,15,19). The van der Waals surface area contributed by atoms with Gasteiger partial charge in [-0.1, -0.05) is 5.16 Å². The van der Waals surface area contributed by atoms with E-state index >= 15 is 0 Å². The molecule has 0 saturated heterocycles. The summed E-state index contributed by atoms with van der Waals surface area (Å²) in [4.78, 5) is 15.9. The number of nitrogens with one attached hydrogen (secondary N) is 1. The van der Waals surface area contributed by atoms with Crippen LogP contribution >= 0.6 is 0 Å². The molecule has 4 N–H and O–H groups in total. The van der Waals surface area contributed by atoms with Crippen molar-refractivity contribution in [1.82, 2.24) is 20.1 Å². The number of amidine groups is 1. The third-order valence-corrected chi connectivity index (χ3v) is 2.75. The van der Waals surface area contributed by atoms with Gasteiger partial charge in [0.05, 0.1) is 12.2 Å². The highest BCUT2D eigenvalue weighted by Gasteiger charge is 2.09. The molecule has 0 aliphatic rings. The Balaban J connectivity index is 2.01. The van der Waals surface area contributed by atoms with Crippen molar-refractivity contribution in [3.8, 4) is 0 Å². The smallest absolute Gasteiger partial charge is 0.270 e. The van der Waals surface area contributed by atoms with Gasteiger partial charge >= 0.3 is 0 Å². The van der Waals surface area contributed by atoms with Crippen LogP contribution in [-0.4, -0.2) is 31.7 Å². The summed E-state index contributed by atoms with van der Waals surface area (Å²) in [6.07, 6.45) is 3.03. The first-order valence-electron chi connectivity index (χ1n) is 5.81. The summed E-state index contributed by atoms with van der Waals surface area (Å²) in [6, 6.07) is 4.88. The molecule has 2 aromatic rings. The zero-order valence-corrected chi connectivity index (χ0v) is 10.8. The molecule has 0 fully saturated rings. The number of aromatic nitrogens is 3. The van der Waals surface area contributed by atoms with E-state index in [-0.39, 0.29) is 17.4 Å². The number of nitrogens with zero attached hydrogens (tertiary/aromatic N) is 4. The first kappa shape index (κ1) is 13.5. The molecule has 0 saturated carbocycles. The topological polar surface area (TPSA) is 118 Å². The highest BCUT2D eigenvalue weighted by molar-refractivity contribution is 5.98. The minimum Gasteiger partial charge on any atom is -0.409 e. The van der Waals surface area contributed by atoms with Gasteiger partial charge in [0.2, 0.25) is 0 Å². The fourth-order valence-electron chi connectivity index (χ4n) is 1.57. The van der Waals surface area contributed by atoms with E-state index in [9.17, 15) is 4.79 Å². The number of amides is 1. The lowest BCUT2D eigenvalue weighted by Crippen LogP contribution is -2.25. The van der Waals surface area contributed by atoms with Crippen LogP contribution in [0.1, 0.15) is 21.7 Å². The van der Waals surface area contributed by atoms with Gasteiger partial charge in [-0.2, -0.15) is 5.10 Å². The van der Waals surface area contributed by atoms with Crippen LogP contribution in [0.4, 0.5) is 0 Å². The summed E-state index contributed by atoms with van der Waals surface area (Å²) in [5.41, 5.74) is 6.98. The zero-order valence-electron chi connectivity index (χ0n) is 10.8. The number of rotatable bonds is 4. The largest absolute Gasteiger partial charge is 0.409 e. The Labute approximate surface area is 114 Å². The fourth-order valence-corrected chi connectivity index (χ4v) is 1.57. The maximum Gasteiger partial charge on any atom is 0.270 e. The number of hydrogen-bond acceptors (Lipinski definition) is 5. The fraction of sp³-hybridized carbons (Fsp3) is 0.167. The third-order valence-electron chi connectivity index (χ3n) is 2.75. The van der Waals surface area contributed by atoms with Gasteiger partial charge in [-0.05, 0) is 18.2 Å². The van der Waals surface area contributed by atoms with Gasteiger partial charge in [0, 0.05) is 25.0 Å². The van der Waals surface area contributed by atoms with Crippen LogP contribution in [0.25, 0.3) is 0 Å². The Hall–Kier alpha value is -2.90. The van der Waals surface area contributed by atoms with Crippen molar-refractivity contribution in [1.29, 1.82) is 0 Å². The SMILES string of the molecule is Cn1nccc1CNC(=O)c1ccc(C(N)=NO)cn1. The first-order valence-corrected chi connectivity index (χ1v) is 5.81. The molecule has 2 aromatic heterocycles. The monoisotopic (exact) mass is 274 g/mol. The molecular formula is C12H14N6O2. The number of hydrogen-bond donors (Lipinski definition) is 3. The number of nitrogens with two attached hydrogens (primary N) is 1. The molecule has 0 aliphatic heterocycles. The van der Waals surface area contributed by atoms with Gasteiger partial charge in [0.25, 0.3) is 5.91 Å². The maximum atomic E-state index is 11.9. The number of carbonyl (C=O) groups is 1. The minimum atomic E-state index is -0.308. The van der Waals surface area contributed by atoms with Gasteiger partial charge in [-0.15, -0.1) is 0 Å². The average Bonchev–Trinajstić information content (AvgIpc) is 2.89. The second kappa shape index (κ2) is 5.83. The van der Waals surface area contributed by atoms with Crippen LogP contribution in [0.15, 0.2) is 35.7 Å². The highest BCUT2D eigenvalue weighted by atomic mass is 16.4. The van der Waals surface area contributed by atoms with Gasteiger partial charge < -0.3 is 16.3 Å². The van der Waals surface area contributed by atoms with Gasteiger partial charge in [0.1, 0.15) is 5.69 Å². The summed E-state index contributed by atoms with van der Waals surface area (Å²) in [6.45, 7) is 0.360.